The molecule has 1 unspecified atom stereocenters. The molecule has 1 atom stereocenters. The Labute approximate surface area is 182 Å². The van der Waals surface area contributed by atoms with Crippen molar-refractivity contribution in [2.75, 3.05) is 13.2 Å². The maximum absolute atomic E-state index is 13.0. The van der Waals surface area contributed by atoms with Gasteiger partial charge >= 0.3 is 0 Å². The van der Waals surface area contributed by atoms with Gasteiger partial charge in [0, 0.05) is 17.0 Å². The summed E-state index contributed by atoms with van der Waals surface area (Å²) in [7, 11) is 0. The number of likely N-dealkylation sites (tertiary alicyclic amines) is 1. The van der Waals surface area contributed by atoms with Crippen molar-refractivity contribution in [3.63, 3.8) is 0 Å². The largest absolute Gasteiger partial charge is 0.507 e. The van der Waals surface area contributed by atoms with Crippen molar-refractivity contribution < 1.29 is 19.4 Å². The lowest BCUT2D eigenvalue weighted by Gasteiger charge is -2.25. The topological polar surface area (TPSA) is 66.8 Å². The number of unbranched alkanes of at least 4 members (excludes halogenated alkanes) is 2. The van der Waals surface area contributed by atoms with Crippen LogP contribution in [-0.4, -0.2) is 34.8 Å². The Morgan fingerprint density at radius 2 is 1.90 bits per heavy atom. The maximum Gasteiger partial charge on any atom is 0.295 e. The maximum atomic E-state index is 13.0. The van der Waals surface area contributed by atoms with E-state index in [1.807, 2.05) is 32.2 Å². The fourth-order valence-electron chi connectivity index (χ4n) is 3.85. The van der Waals surface area contributed by atoms with Gasteiger partial charge in [-0.15, -0.1) is 11.3 Å². The number of ketones is 1. The number of carbonyl (C=O) groups is 2. The van der Waals surface area contributed by atoms with Gasteiger partial charge in [-0.3, -0.25) is 9.59 Å². The standard InChI is InChI=1S/C24H29NO4S/c1-5-7-8-12-25-20(23-15(3)11-13-30-23)19(22(27)24(25)28)21(26)17-9-10-18(29-6-2)16(4)14-17/h9-11,13-14,20,26H,5-8,12H2,1-4H3/b21-19-. The lowest BCUT2D eigenvalue weighted by molar-refractivity contribution is -0.139. The molecule has 5 nitrogen and oxygen atoms in total. The van der Waals surface area contributed by atoms with Gasteiger partial charge in [-0.2, -0.15) is 0 Å². The van der Waals surface area contributed by atoms with E-state index in [2.05, 4.69) is 6.92 Å². The molecule has 0 spiro atoms. The van der Waals surface area contributed by atoms with E-state index in [-0.39, 0.29) is 11.3 Å². The van der Waals surface area contributed by atoms with Crippen molar-refractivity contribution in [2.24, 2.45) is 0 Å². The number of Topliss-reactive ketones (excluding diaryl/α,β-unsaturated/α-hetero) is 1. The first kappa shape index (κ1) is 22.1. The summed E-state index contributed by atoms with van der Waals surface area (Å²) in [6.45, 7) is 8.93. The molecule has 1 aliphatic rings. The van der Waals surface area contributed by atoms with Crippen LogP contribution in [0, 0.1) is 13.8 Å². The summed E-state index contributed by atoms with van der Waals surface area (Å²) in [4.78, 5) is 28.4. The van der Waals surface area contributed by atoms with Crippen molar-refractivity contribution in [3.8, 4) is 5.75 Å². The second-order valence-corrected chi connectivity index (χ2v) is 8.53. The van der Waals surface area contributed by atoms with Crippen molar-refractivity contribution in [2.45, 2.75) is 53.0 Å². The van der Waals surface area contributed by atoms with Crippen LogP contribution in [0.2, 0.25) is 0 Å². The number of amides is 1. The molecule has 0 bridgehead atoms. The first-order valence-electron chi connectivity index (χ1n) is 10.5. The third-order valence-electron chi connectivity index (χ3n) is 5.44. The van der Waals surface area contributed by atoms with Gasteiger partial charge in [-0.1, -0.05) is 19.8 Å². The predicted octanol–water partition coefficient (Wildman–Crippen LogP) is 5.38. The zero-order valence-electron chi connectivity index (χ0n) is 18.0. The second-order valence-electron chi connectivity index (χ2n) is 7.58. The number of hydrogen-bond donors (Lipinski definition) is 1. The Balaban J connectivity index is 2.09. The number of benzene rings is 1. The van der Waals surface area contributed by atoms with Gasteiger partial charge in [-0.25, -0.2) is 0 Å². The number of aliphatic hydroxyl groups is 1. The van der Waals surface area contributed by atoms with E-state index >= 15 is 0 Å². The third kappa shape index (κ3) is 4.15. The van der Waals surface area contributed by atoms with Crippen LogP contribution in [0.5, 0.6) is 5.75 Å². The summed E-state index contributed by atoms with van der Waals surface area (Å²) in [6, 6.07) is 6.75. The Morgan fingerprint density at radius 1 is 1.13 bits per heavy atom. The predicted molar refractivity (Wildman–Crippen MR) is 120 cm³/mol. The van der Waals surface area contributed by atoms with Crippen molar-refractivity contribution in [1.82, 2.24) is 4.90 Å². The lowest BCUT2D eigenvalue weighted by atomic mass is 9.97. The first-order valence-corrected chi connectivity index (χ1v) is 11.3. The molecular formula is C24H29NO4S. The molecule has 1 aromatic carbocycles. The first-order chi connectivity index (χ1) is 14.4. The van der Waals surface area contributed by atoms with E-state index < -0.39 is 17.7 Å². The highest BCUT2D eigenvalue weighted by Gasteiger charge is 2.46. The summed E-state index contributed by atoms with van der Waals surface area (Å²) in [5, 5.41) is 13.1. The number of thiophene rings is 1. The molecule has 2 heterocycles. The quantitative estimate of drug-likeness (QED) is 0.266. The Bertz CT molecular complexity index is 975. The minimum absolute atomic E-state index is 0.129. The van der Waals surface area contributed by atoms with Crippen LogP contribution >= 0.6 is 11.3 Å². The summed E-state index contributed by atoms with van der Waals surface area (Å²) < 4.78 is 5.58. The summed E-state index contributed by atoms with van der Waals surface area (Å²) in [5.74, 6) is -0.545. The fraction of sp³-hybridized carbons (Fsp3) is 0.417. The average Bonchev–Trinajstić information content (AvgIpc) is 3.25. The zero-order valence-corrected chi connectivity index (χ0v) is 18.8. The van der Waals surface area contributed by atoms with Gasteiger partial charge in [-0.05, 0) is 68.0 Å². The van der Waals surface area contributed by atoms with Gasteiger partial charge in [0.1, 0.15) is 11.5 Å². The van der Waals surface area contributed by atoms with Gasteiger partial charge in [0.25, 0.3) is 11.7 Å². The highest BCUT2D eigenvalue weighted by Crippen LogP contribution is 2.43. The van der Waals surface area contributed by atoms with Crippen molar-refractivity contribution >= 4 is 28.8 Å². The SMILES string of the molecule is CCCCCN1C(=O)C(=O)/C(=C(\O)c2ccc(OCC)c(C)c2)C1c1sccc1C. The highest BCUT2D eigenvalue weighted by atomic mass is 32.1. The smallest absolute Gasteiger partial charge is 0.295 e. The molecule has 1 saturated heterocycles. The minimum Gasteiger partial charge on any atom is -0.507 e. The molecule has 2 aromatic rings. The number of aryl methyl sites for hydroxylation is 2. The monoisotopic (exact) mass is 427 g/mol. The van der Waals surface area contributed by atoms with Gasteiger partial charge in [0.15, 0.2) is 0 Å². The van der Waals surface area contributed by atoms with E-state index in [0.717, 1.165) is 41.0 Å². The number of nitrogens with zero attached hydrogens (tertiary/aromatic N) is 1. The van der Waals surface area contributed by atoms with E-state index in [0.29, 0.717) is 18.7 Å². The number of aliphatic hydroxyl groups excluding tert-OH is 1. The van der Waals surface area contributed by atoms with Crippen LogP contribution in [0.3, 0.4) is 0 Å². The molecule has 3 rings (SSSR count). The molecular weight excluding hydrogens is 398 g/mol. The lowest BCUT2D eigenvalue weighted by Crippen LogP contribution is -2.30. The summed E-state index contributed by atoms with van der Waals surface area (Å²) >= 11 is 1.51. The van der Waals surface area contributed by atoms with Crippen LogP contribution in [0.25, 0.3) is 5.76 Å². The average molecular weight is 428 g/mol. The Hall–Kier alpha value is -2.60. The van der Waals surface area contributed by atoms with Crippen LogP contribution in [0.15, 0.2) is 35.2 Å². The van der Waals surface area contributed by atoms with E-state index in [9.17, 15) is 14.7 Å². The number of ether oxygens (including phenoxy) is 1. The van der Waals surface area contributed by atoms with E-state index in [1.54, 1.807) is 23.1 Å². The van der Waals surface area contributed by atoms with E-state index in [1.165, 1.54) is 11.3 Å². The van der Waals surface area contributed by atoms with Crippen LogP contribution in [-0.2, 0) is 9.59 Å². The zero-order chi connectivity index (χ0) is 21.8. The Kier molecular flexibility index (Phi) is 6.98. The van der Waals surface area contributed by atoms with Gasteiger partial charge < -0.3 is 14.7 Å². The van der Waals surface area contributed by atoms with Crippen molar-refractivity contribution in [3.05, 3.63) is 56.8 Å². The second kappa shape index (κ2) is 9.47. The van der Waals surface area contributed by atoms with Crippen LogP contribution in [0.1, 0.15) is 60.7 Å². The molecule has 1 N–H and O–H groups in total. The minimum atomic E-state index is -0.617. The Morgan fingerprint density at radius 3 is 2.50 bits per heavy atom. The number of rotatable bonds is 8. The van der Waals surface area contributed by atoms with E-state index in [4.69, 9.17) is 4.74 Å². The fourth-order valence-corrected chi connectivity index (χ4v) is 4.90. The molecule has 0 radical (unpaired) electrons. The molecule has 1 fully saturated rings. The normalized spacial score (nSPS) is 18.3. The molecule has 6 heteroatoms. The van der Waals surface area contributed by atoms with Gasteiger partial charge in [0.2, 0.25) is 0 Å². The molecule has 1 aliphatic heterocycles. The summed E-state index contributed by atoms with van der Waals surface area (Å²) in [5.41, 5.74) is 2.57. The molecule has 0 aliphatic carbocycles. The van der Waals surface area contributed by atoms with Crippen LogP contribution in [0.4, 0.5) is 0 Å². The van der Waals surface area contributed by atoms with Gasteiger partial charge in [0.05, 0.1) is 18.2 Å². The third-order valence-corrected chi connectivity index (χ3v) is 6.51. The highest BCUT2D eigenvalue weighted by molar-refractivity contribution is 7.10. The summed E-state index contributed by atoms with van der Waals surface area (Å²) in [6.07, 6.45) is 2.84. The molecule has 160 valence electrons. The molecule has 1 amide bonds. The van der Waals surface area contributed by atoms with Crippen molar-refractivity contribution in [1.29, 1.82) is 0 Å². The van der Waals surface area contributed by atoms with Crippen LogP contribution < -0.4 is 4.74 Å². The number of hydrogen-bond acceptors (Lipinski definition) is 5. The molecule has 1 aromatic heterocycles. The molecule has 30 heavy (non-hydrogen) atoms. The number of carbonyl (C=O) groups excluding carboxylic acids is 2. The molecule has 0 saturated carbocycles.